The molecule has 19 heavy (non-hydrogen) atoms. The van der Waals surface area contributed by atoms with E-state index in [4.69, 9.17) is 5.11 Å². The molecule has 1 unspecified atom stereocenters. The van der Waals surface area contributed by atoms with Crippen LogP contribution in [0.2, 0.25) is 0 Å². The van der Waals surface area contributed by atoms with Crippen molar-refractivity contribution in [2.45, 2.75) is 12.5 Å². The molecule has 1 atom stereocenters. The number of hydrogen-bond acceptors (Lipinski definition) is 2. The number of nitrogens with zero attached hydrogens (tertiary/aromatic N) is 1. The maximum Gasteiger partial charge on any atom is 0.330 e. The molecule has 0 bridgehead atoms. The number of amides is 2. The molecule has 2 amide bonds. The van der Waals surface area contributed by atoms with Gasteiger partial charge in [0.25, 0.3) is 6.43 Å². The Hall–Kier alpha value is -2.18. The average Bonchev–Trinajstić information content (AvgIpc) is 2.35. The van der Waals surface area contributed by atoms with Gasteiger partial charge < -0.3 is 15.3 Å². The predicted molar refractivity (Wildman–Crippen MR) is 64.0 cm³/mol. The van der Waals surface area contributed by atoms with E-state index in [0.717, 1.165) is 4.90 Å². The molecule has 0 saturated heterocycles. The molecule has 1 rings (SSSR count). The Balaban J connectivity index is 2.75. The van der Waals surface area contributed by atoms with Crippen LogP contribution < -0.4 is 5.32 Å². The smallest absolute Gasteiger partial charge is 0.330 e. The van der Waals surface area contributed by atoms with E-state index in [1.807, 2.05) is 0 Å². The first-order chi connectivity index (χ1) is 8.91. The number of carbonyl (C=O) groups excluding carboxylic acids is 1. The number of carboxylic acid groups (broad SMARTS) is 1. The van der Waals surface area contributed by atoms with Crippen molar-refractivity contribution in [2.75, 3.05) is 13.6 Å². The van der Waals surface area contributed by atoms with Gasteiger partial charge in [-0.05, 0) is 5.56 Å². The van der Waals surface area contributed by atoms with Crippen molar-refractivity contribution in [3.8, 4) is 0 Å². The molecular weight excluding hydrogens is 258 g/mol. The zero-order valence-electron chi connectivity index (χ0n) is 10.2. The molecule has 7 heteroatoms. The number of benzene rings is 1. The highest BCUT2D eigenvalue weighted by atomic mass is 19.3. The lowest BCUT2D eigenvalue weighted by atomic mass is 10.1. The van der Waals surface area contributed by atoms with Gasteiger partial charge in [-0.15, -0.1) is 0 Å². The number of nitrogens with one attached hydrogen (secondary N) is 1. The van der Waals surface area contributed by atoms with Crippen molar-refractivity contribution >= 4 is 12.0 Å². The van der Waals surface area contributed by atoms with Gasteiger partial charge >= 0.3 is 12.0 Å². The van der Waals surface area contributed by atoms with Crippen LogP contribution >= 0.6 is 0 Å². The molecule has 0 aliphatic carbocycles. The molecule has 0 aliphatic heterocycles. The summed E-state index contributed by atoms with van der Waals surface area (Å²) in [7, 11) is 1.17. The first kappa shape index (κ1) is 14.9. The van der Waals surface area contributed by atoms with Gasteiger partial charge in [0.1, 0.15) is 0 Å². The minimum absolute atomic E-state index is 0.369. The van der Waals surface area contributed by atoms with Crippen molar-refractivity contribution in [3.05, 3.63) is 35.9 Å². The maximum atomic E-state index is 12.1. The maximum absolute atomic E-state index is 12.1. The third-order valence-electron chi connectivity index (χ3n) is 2.41. The number of rotatable bonds is 5. The summed E-state index contributed by atoms with van der Waals surface area (Å²) in [5.41, 5.74) is 0.369. The summed E-state index contributed by atoms with van der Waals surface area (Å²) in [6, 6.07) is 5.89. The van der Waals surface area contributed by atoms with Crippen LogP contribution in [0, 0.1) is 0 Å². The molecule has 0 heterocycles. The van der Waals surface area contributed by atoms with Crippen LogP contribution in [0.4, 0.5) is 13.6 Å². The Labute approximate surface area is 108 Å². The zero-order chi connectivity index (χ0) is 14.4. The van der Waals surface area contributed by atoms with Crippen molar-refractivity contribution in [3.63, 3.8) is 0 Å². The standard InChI is InChI=1S/C12H14F2N2O3/c1-16(7-9(13)14)12(19)15-10(11(17)18)8-5-3-2-4-6-8/h2-6,9-10H,7H2,1H3,(H,15,19)(H,17,18). The minimum atomic E-state index is -2.67. The van der Waals surface area contributed by atoms with Crippen LogP contribution in [-0.2, 0) is 4.79 Å². The quantitative estimate of drug-likeness (QED) is 0.857. The summed E-state index contributed by atoms with van der Waals surface area (Å²) in [6.45, 7) is -0.757. The van der Waals surface area contributed by atoms with E-state index in [2.05, 4.69) is 5.32 Å². The topological polar surface area (TPSA) is 69.6 Å². The van der Waals surface area contributed by atoms with Crippen molar-refractivity contribution < 1.29 is 23.5 Å². The molecule has 5 nitrogen and oxygen atoms in total. The van der Waals surface area contributed by atoms with Gasteiger partial charge in [-0.1, -0.05) is 30.3 Å². The normalized spacial score (nSPS) is 12.0. The van der Waals surface area contributed by atoms with Crippen LogP contribution in [-0.4, -0.2) is 42.0 Å². The molecule has 0 spiro atoms. The van der Waals surface area contributed by atoms with Crippen molar-refractivity contribution in [1.29, 1.82) is 0 Å². The van der Waals surface area contributed by atoms with Crippen molar-refractivity contribution in [1.82, 2.24) is 10.2 Å². The molecule has 104 valence electrons. The SMILES string of the molecule is CN(CC(F)F)C(=O)NC(C(=O)O)c1ccccc1. The fraction of sp³-hybridized carbons (Fsp3) is 0.333. The minimum Gasteiger partial charge on any atom is -0.479 e. The Morgan fingerprint density at radius 2 is 1.89 bits per heavy atom. The molecule has 1 aromatic carbocycles. The Bertz CT molecular complexity index is 440. The number of halogens is 2. The van der Waals surface area contributed by atoms with Gasteiger partial charge in [-0.25, -0.2) is 18.4 Å². The highest BCUT2D eigenvalue weighted by Gasteiger charge is 2.24. The Morgan fingerprint density at radius 1 is 1.32 bits per heavy atom. The lowest BCUT2D eigenvalue weighted by Crippen LogP contribution is -2.43. The Kier molecular flexibility index (Phi) is 5.23. The summed E-state index contributed by atoms with van der Waals surface area (Å²) in [5.74, 6) is -1.26. The summed E-state index contributed by atoms with van der Waals surface area (Å²) < 4.78 is 24.3. The van der Waals surface area contributed by atoms with E-state index in [1.165, 1.54) is 19.2 Å². The largest absolute Gasteiger partial charge is 0.479 e. The molecule has 0 fully saturated rings. The van der Waals surface area contributed by atoms with Gasteiger partial charge in [0.05, 0.1) is 6.54 Å². The monoisotopic (exact) mass is 272 g/mol. The zero-order valence-corrected chi connectivity index (χ0v) is 10.2. The number of urea groups is 1. The lowest BCUT2D eigenvalue weighted by Gasteiger charge is -2.21. The predicted octanol–water partition coefficient (Wildman–Crippen LogP) is 1.72. The molecule has 1 aromatic rings. The summed E-state index contributed by atoms with van der Waals surface area (Å²) in [4.78, 5) is 23.4. The molecule has 2 N–H and O–H groups in total. The van der Waals surface area contributed by atoms with Gasteiger partial charge in [0.15, 0.2) is 6.04 Å². The first-order valence-electron chi connectivity index (χ1n) is 5.49. The molecule has 0 radical (unpaired) electrons. The lowest BCUT2D eigenvalue weighted by molar-refractivity contribution is -0.139. The van der Waals surface area contributed by atoms with Crippen LogP contribution in [0.25, 0.3) is 0 Å². The molecule has 0 aliphatic rings. The van der Waals surface area contributed by atoms with E-state index in [9.17, 15) is 18.4 Å². The van der Waals surface area contributed by atoms with Gasteiger partial charge in [0.2, 0.25) is 0 Å². The van der Waals surface area contributed by atoms with E-state index in [1.54, 1.807) is 18.2 Å². The number of hydrogen-bond donors (Lipinski definition) is 2. The number of alkyl halides is 2. The van der Waals surface area contributed by atoms with Crippen LogP contribution in [0.5, 0.6) is 0 Å². The molecule has 0 saturated carbocycles. The van der Waals surface area contributed by atoms with E-state index in [-0.39, 0.29) is 0 Å². The van der Waals surface area contributed by atoms with E-state index >= 15 is 0 Å². The highest BCUT2D eigenvalue weighted by Crippen LogP contribution is 2.13. The van der Waals surface area contributed by atoms with Crippen LogP contribution in [0.3, 0.4) is 0 Å². The van der Waals surface area contributed by atoms with Crippen LogP contribution in [0.1, 0.15) is 11.6 Å². The fourth-order valence-corrected chi connectivity index (χ4v) is 1.46. The fourth-order valence-electron chi connectivity index (χ4n) is 1.46. The molecular formula is C12H14F2N2O3. The summed E-state index contributed by atoms with van der Waals surface area (Å²) >= 11 is 0. The second kappa shape index (κ2) is 6.67. The average molecular weight is 272 g/mol. The second-order valence-electron chi connectivity index (χ2n) is 3.90. The number of aliphatic carboxylic acids is 1. The van der Waals surface area contributed by atoms with Gasteiger partial charge in [-0.2, -0.15) is 0 Å². The Morgan fingerprint density at radius 3 is 2.37 bits per heavy atom. The van der Waals surface area contributed by atoms with Gasteiger partial charge in [-0.3, -0.25) is 0 Å². The number of carbonyl (C=O) groups is 2. The third kappa shape index (κ3) is 4.53. The van der Waals surface area contributed by atoms with Gasteiger partial charge in [0, 0.05) is 7.05 Å². The second-order valence-corrected chi connectivity index (χ2v) is 3.90. The summed E-state index contributed by atoms with van der Waals surface area (Å²) in [6.07, 6.45) is -2.67. The highest BCUT2D eigenvalue weighted by molar-refractivity contribution is 5.83. The summed E-state index contributed by atoms with van der Waals surface area (Å²) in [5, 5.41) is 11.2. The number of carboxylic acids is 1. The van der Waals surface area contributed by atoms with E-state index < -0.39 is 31.0 Å². The van der Waals surface area contributed by atoms with Crippen molar-refractivity contribution in [2.24, 2.45) is 0 Å². The first-order valence-corrected chi connectivity index (χ1v) is 5.49. The third-order valence-corrected chi connectivity index (χ3v) is 2.41. The molecule has 0 aromatic heterocycles. The van der Waals surface area contributed by atoms with Crippen LogP contribution in [0.15, 0.2) is 30.3 Å². The van der Waals surface area contributed by atoms with E-state index in [0.29, 0.717) is 5.56 Å².